The summed E-state index contributed by atoms with van der Waals surface area (Å²) >= 11 is 3.61. The van der Waals surface area contributed by atoms with Gasteiger partial charge in [0.1, 0.15) is 11.4 Å². The molecule has 0 unspecified atom stereocenters. The van der Waals surface area contributed by atoms with Crippen LogP contribution in [0.3, 0.4) is 0 Å². The van der Waals surface area contributed by atoms with Gasteiger partial charge in [-0.15, -0.1) is 0 Å². The summed E-state index contributed by atoms with van der Waals surface area (Å²) in [4.78, 5) is 17.8. The van der Waals surface area contributed by atoms with Gasteiger partial charge in [-0.05, 0) is 59.6 Å². The molecule has 4 rings (SSSR count). The van der Waals surface area contributed by atoms with Gasteiger partial charge in [-0.2, -0.15) is 0 Å². The second-order valence-electron chi connectivity index (χ2n) is 5.83. The van der Waals surface area contributed by atoms with E-state index in [9.17, 15) is 0 Å². The van der Waals surface area contributed by atoms with Crippen LogP contribution >= 0.6 is 15.9 Å². The molecule has 0 aromatic carbocycles. The Hall–Kier alpha value is -2.80. The number of nitrogens with two attached hydrogens (primary N) is 1. The molecule has 0 aliphatic heterocycles. The quantitative estimate of drug-likeness (QED) is 0.558. The van der Waals surface area contributed by atoms with Crippen LogP contribution in [0.5, 0.6) is 0 Å². The molecule has 0 fully saturated rings. The van der Waals surface area contributed by atoms with E-state index in [-0.39, 0.29) is 5.95 Å². The van der Waals surface area contributed by atoms with Gasteiger partial charge in [0.2, 0.25) is 5.95 Å². The van der Waals surface area contributed by atoms with Gasteiger partial charge in [-0.1, -0.05) is 6.07 Å². The number of rotatable bonds is 2. The van der Waals surface area contributed by atoms with Crippen molar-refractivity contribution in [3.63, 3.8) is 0 Å². The van der Waals surface area contributed by atoms with Gasteiger partial charge in [0.15, 0.2) is 5.65 Å². The molecule has 0 amide bonds. The van der Waals surface area contributed by atoms with Crippen molar-refractivity contribution in [1.29, 1.82) is 0 Å². The molecule has 4 aromatic heterocycles. The Kier molecular flexibility index (Phi) is 3.73. The fourth-order valence-electron chi connectivity index (χ4n) is 2.84. The zero-order chi connectivity index (χ0) is 17.6. The highest BCUT2D eigenvalue weighted by molar-refractivity contribution is 9.10. The van der Waals surface area contributed by atoms with Crippen molar-refractivity contribution in [2.24, 2.45) is 0 Å². The van der Waals surface area contributed by atoms with Crippen molar-refractivity contribution >= 4 is 27.5 Å². The Bertz CT molecular complexity index is 1100. The van der Waals surface area contributed by atoms with Crippen LogP contribution in [0.25, 0.3) is 28.4 Å². The lowest BCUT2D eigenvalue weighted by molar-refractivity contribution is 1.12. The largest absolute Gasteiger partial charge is 0.368 e. The average molecular weight is 395 g/mol. The Labute approximate surface area is 152 Å². The minimum absolute atomic E-state index is 0.224. The molecule has 0 atom stereocenters. The minimum atomic E-state index is 0.224. The maximum atomic E-state index is 5.80. The Morgan fingerprint density at radius 3 is 2.64 bits per heavy atom. The first kappa shape index (κ1) is 15.7. The van der Waals surface area contributed by atoms with Crippen molar-refractivity contribution in [1.82, 2.24) is 24.3 Å². The van der Waals surface area contributed by atoms with E-state index in [1.54, 1.807) is 6.20 Å². The van der Waals surface area contributed by atoms with Gasteiger partial charge in [-0.3, -0.25) is 9.38 Å². The van der Waals surface area contributed by atoms with E-state index in [4.69, 9.17) is 10.7 Å². The second-order valence-corrected chi connectivity index (χ2v) is 6.69. The van der Waals surface area contributed by atoms with Crippen LogP contribution in [0.15, 0.2) is 47.2 Å². The fraction of sp³-hybridized carbons (Fsp3) is 0.111. The molecule has 0 bridgehead atoms. The summed E-state index contributed by atoms with van der Waals surface area (Å²) in [6, 6.07) is 9.74. The molecule has 0 spiro atoms. The van der Waals surface area contributed by atoms with Crippen LogP contribution in [-0.4, -0.2) is 24.3 Å². The van der Waals surface area contributed by atoms with E-state index in [1.165, 1.54) is 0 Å². The third-order valence-corrected chi connectivity index (χ3v) is 4.44. The Morgan fingerprint density at radius 2 is 1.88 bits per heavy atom. The van der Waals surface area contributed by atoms with Crippen molar-refractivity contribution < 1.29 is 0 Å². The molecule has 4 heterocycles. The number of hydrogen-bond donors (Lipinski definition) is 1. The Balaban J connectivity index is 2.12. The monoisotopic (exact) mass is 394 g/mol. The van der Waals surface area contributed by atoms with Crippen LogP contribution in [0, 0.1) is 13.8 Å². The third kappa shape index (κ3) is 2.76. The van der Waals surface area contributed by atoms with Crippen LogP contribution in [0.1, 0.15) is 11.3 Å². The van der Waals surface area contributed by atoms with Gasteiger partial charge < -0.3 is 5.73 Å². The standard InChI is InChI=1S/C18H15BrN6/c1-10-8-12(19)17-24-15(13-5-3-4-11(2)22-13)16(25(17)9-10)14-6-7-21-18(20)23-14/h3-9H,1-2H3,(H2,20,21,23). The van der Waals surface area contributed by atoms with Gasteiger partial charge >= 0.3 is 0 Å². The number of halogens is 1. The molecule has 0 aliphatic carbocycles. The molecule has 4 aromatic rings. The molecule has 0 radical (unpaired) electrons. The predicted molar refractivity (Wildman–Crippen MR) is 101 cm³/mol. The first-order valence-corrected chi connectivity index (χ1v) is 8.53. The smallest absolute Gasteiger partial charge is 0.220 e. The van der Waals surface area contributed by atoms with E-state index >= 15 is 0 Å². The number of nitrogen functional groups attached to an aromatic ring is 1. The first-order chi connectivity index (χ1) is 12.0. The van der Waals surface area contributed by atoms with E-state index in [1.807, 2.05) is 54.8 Å². The maximum Gasteiger partial charge on any atom is 0.220 e. The number of fused-ring (bicyclic) bond motifs is 1. The van der Waals surface area contributed by atoms with Crippen molar-refractivity contribution in [2.75, 3.05) is 5.73 Å². The second kappa shape index (κ2) is 5.93. The van der Waals surface area contributed by atoms with Crippen LogP contribution in [0.4, 0.5) is 5.95 Å². The molecule has 0 aliphatic rings. The number of aromatic nitrogens is 5. The highest BCUT2D eigenvalue weighted by Gasteiger charge is 2.20. The zero-order valence-electron chi connectivity index (χ0n) is 13.7. The summed E-state index contributed by atoms with van der Waals surface area (Å²) in [5, 5.41) is 0. The summed E-state index contributed by atoms with van der Waals surface area (Å²) in [5.74, 6) is 0.224. The van der Waals surface area contributed by atoms with Gasteiger partial charge in [0.25, 0.3) is 0 Å². The average Bonchev–Trinajstić information content (AvgIpc) is 2.94. The lowest BCUT2D eigenvalue weighted by Crippen LogP contribution is -1.99. The lowest BCUT2D eigenvalue weighted by Gasteiger charge is -2.06. The molecule has 2 N–H and O–H groups in total. The van der Waals surface area contributed by atoms with Gasteiger partial charge in [0, 0.05) is 18.1 Å². The summed E-state index contributed by atoms with van der Waals surface area (Å²) in [7, 11) is 0. The fourth-order valence-corrected chi connectivity index (χ4v) is 3.48. The number of nitrogens with zero attached hydrogens (tertiary/aromatic N) is 5. The first-order valence-electron chi connectivity index (χ1n) is 7.74. The maximum absolute atomic E-state index is 5.80. The van der Waals surface area contributed by atoms with Crippen LogP contribution < -0.4 is 5.73 Å². The number of anilines is 1. The summed E-state index contributed by atoms with van der Waals surface area (Å²) in [5.41, 5.74) is 11.7. The SMILES string of the molecule is Cc1cc(Br)c2nc(-c3cccc(C)n3)c(-c3ccnc(N)n3)n2c1. The molecule has 0 saturated carbocycles. The Morgan fingerprint density at radius 1 is 1.04 bits per heavy atom. The van der Waals surface area contributed by atoms with Crippen molar-refractivity contribution in [2.45, 2.75) is 13.8 Å². The van der Waals surface area contributed by atoms with Crippen LogP contribution in [-0.2, 0) is 0 Å². The minimum Gasteiger partial charge on any atom is -0.368 e. The highest BCUT2D eigenvalue weighted by atomic mass is 79.9. The molecule has 6 nitrogen and oxygen atoms in total. The molecular weight excluding hydrogens is 380 g/mol. The number of hydrogen-bond acceptors (Lipinski definition) is 5. The number of aryl methyl sites for hydroxylation is 2. The molecule has 7 heteroatoms. The number of pyridine rings is 2. The lowest BCUT2D eigenvalue weighted by atomic mass is 10.1. The van der Waals surface area contributed by atoms with Crippen LogP contribution in [0.2, 0.25) is 0 Å². The third-order valence-electron chi connectivity index (χ3n) is 3.86. The molecular formula is C18H15BrN6. The predicted octanol–water partition coefficient (Wildman–Crippen LogP) is 3.81. The topological polar surface area (TPSA) is 82.0 Å². The van der Waals surface area contributed by atoms with Crippen molar-refractivity contribution in [3.05, 3.63) is 58.5 Å². The van der Waals surface area contributed by atoms with E-state index in [0.717, 1.165) is 38.5 Å². The summed E-state index contributed by atoms with van der Waals surface area (Å²) in [6.07, 6.45) is 3.68. The van der Waals surface area contributed by atoms with E-state index in [0.29, 0.717) is 5.69 Å². The molecule has 0 saturated heterocycles. The number of imidazole rings is 1. The van der Waals surface area contributed by atoms with E-state index < -0.39 is 0 Å². The molecule has 124 valence electrons. The van der Waals surface area contributed by atoms with Gasteiger partial charge in [0.05, 0.1) is 15.9 Å². The van der Waals surface area contributed by atoms with Gasteiger partial charge in [-0.25, -0.2) is 15.0 Å². The summed E-state index contributed by atoms with van der Waals surface area (Å²) < 4.78 is 2.93. The highest BCUT2D eigenvalue weighted by Crippen LogP contribution is 2.33. The normalized spacial score (nSPS) is 11.2. The van der Waals surface area contributed by atoms with Crippen molar-refractivity contribution in [3.8, 4) is 22.8 Å². The summed E-state index contributed by atoms with van der Waals surface area (Å²) in [6.45, 7) is 3.99. The zero-order valence-corrected chi connectivity index (χ0v) is 15.3. The molecule has 25 heavy (non-hydrogen) atoms. The van der Waals surface area contributed by atoms with E-state index in [2.05, 4.69) is 30.9 Å².